The van der Waals surface area contributed by atoms with Gasteiger partial charge in [0.1, 0.15) is 53.6 Å². The van der Waals surface area contributed by atoms with Crippen molar-refractivity contribution in [3.8, 4) is 17.6 Å². The molecule has 1 amide bonds. The highest BCUT2D eigenvalue weighted by Crippen LogP contribution is 2.52. The third kappa shape index (κ3) is 11.5. The van der Waals surface area contributed by atoms with Crippen molar-refractivity contribution in [2.75, 3.05) is 39.4 Å². The number of anilines is 1. The number of H-pyrrole nitrogens is 1. The molecular formula is C46H49FN10O11P2S2. The number of hydrogen-bond donors (Lipinski definition) is 3. The maximum atomic E-state index is 16.5. The van der Waals surface area contributed by atoms with Crippen LogP contribution in [0.1, 0.15) is 49.0 Å². The van der Waals surface area contributed by atoms with Gasteiger partial charge < -0.3 is 41.6 Å². The molecule has 1 aliphatic rings. The number of amides is 1. The zero-order valence-corrected chi connectivity index (χ0v) is 42.7. The zero-order valence-electron chi connectivity index (χ0n) is 39.1. The molecule has 5 heterocycles. The first kappa shape index (κ1) is 52.4. The number of carbonyl (C=O) groups is 1. The van der Waals surface area contributed by atoms with Crippen LogP contribution in [0.3, 0.4) is 0 Å². The van der Waals surface area contributed by atoms with E-state index < -0.39 is 68.1 Å². The standard InChI is InChI=1S/C46H49FN10O11P2S2/c1-28(2)42(58)54-45-53-41-38(43(59)55-45)51-27-57(41)44-39(68-69(60)71)37(47)35(67-44)24-66-70(72,64-21-8-19-48)65-22-20-56-36(52-34-23-49-26-50-40(34)56)25-63-46(29-9-6-5-7-10-29,30-11-15-32(61-3)16-12-30)31-13-17-33(62-4)18-14-31/h5-7,9-18,23,26-28,35,37,39,44,69H,8,20-22,24-25H2,1-4H3,(H,60,71)(H2,53,54,55,58,59)/t35-,37-,39-,44-,70?/m1/s1. The van der Waals surface area contributed by atoms with Gasteiger partial charge in [0.15, 0.2) is 29.2 Å². The van der Waals surface area contributed by atoms with Crippen LogP contribution in [0.15, 0.2) is 103 Å². The van der Waals surface area contributed by atoms with Gasteiger partial charge in [0.05, 0.1) is 59.1 Å². The van der Waals surface area contributed by atoms with E-state index in [0.29, 0.717) is 28.5 Å². The molecule has 26 heteroatoms. The van der Waals surface area contributed by atoms with Crippen LogP contribution in [0.4, 0.5) is 10.3 Å². The van der Waals surface area contributed by atoms with Crippen LogP contribution >= 0.6 is 26.2 Å². The van der Waals surface area contributed by atoms with Crippen molar-refractivity contribution in [2.24, 2.45) is 5.92 Å². The summed E-state index contributed by atoms with van der Waals surface area (Å²) in [5, 5.41) is 11.9. The Morgan fingerprint density at radius 3 is 2.29 bits per heavy atom. The average molecular weight is 1060 g/mol. The first-order chi connectivity index (χ1) is 34.8. The highest BCUT2D eigenvalue weighted by Gasteiger charge is 2.49. The lowest BCUT2D eigenvalue weighted by Gasteiger charge is -2.36. The fourth-order valence-corrected chi connectivity index (χ4v) is 10.6. The molecule has 0 bridgehead atoms. The summed E-state index contributed by atoms with van der Waals surface area (Å²) >= 11 is 9.73. The number of nitrogens with one attached hydrogen (secondary N) is 2. The lowest BCUT2D eigenvalue weighted by atomic mass is 9.80. The van der Waals surface area contributed by atoms with Crippen molar-refractivity contribution in [1.82, 2.24) is 39.0 Å². The molecule has 21 nitrogen and oxygen atoms in total. The Labute approximate surface area is 422 Å². The molecule has 7 aromatic rings. The van der Waals surface area contributed by atoms with Gasteiger partial charge in [0.25, 0.3) is 5.56 Å². The summed E-state index contributed by atoms with van der Waals surface area (Å²) in [7, 11) is 0.115. The van der Waals surface area contributed by atoms with Gasteiger partial charge in [0.2, 0.25) is 19.1 Å². The van der Waals surface area contributed by atoms with Crippen molar-refractivity contribution in [1.29, 1.82) is 5.26 Å². The topological polar surface area (TPSA) is 251 Å². The number of aromatic amines is 1. The second-order valence-corrected chi connectivity index (χ2v) is 21.1. The molecule has 8 rings (SSSR count). The Balaban J connectivity index is 1.05. The van der Waals surface area contributed by atoms with Crippen molar-refractivity contribution < 1.29 is 50.8 Å². The lowest BCUT2D eigenvalue weighted by Crippen LogP contribution is -2.33. The second kappa shape index (κ2) is 23.3. The lowest BCUT2D eigenvalue weighted by molar-refractivity contribution is -0.118. The molecule has 3 aromatic carbocycles. The highest BCUT2D eigenvalue weighted by atomic mass is 32.7. The molecular weight excluding hydrogens is 1010 g/mol. The third-order valence-corrected chi connectivity index (χ3v) is 14.7. The second-order valence-electron chi connectivity index (χ2n) is 16.3. The molecule has 0 saturated carbocycles. The monoisotopic (exact) mass is 1060 g/mol. The van der Waals surface area contributed by atoms with E-state index in [-0.39, 0.29) is 49.9 Å². The number of aromatic nitrogens is 8. The van der Waals surface area contributed by atoms with E-state index in [1.807, 2.05) is 84.9 Å². The molecule has 378 valence electrons. The molecule has 2 N–H and O–H groups in total. The van der Waals surface area contributed by atoms with Crippen molar-refractivity contribution in [3.05, 3.63) is 131 Å². The molecule has 2 unspecified atom stereocenters. The Bertz CT molecular complexity index is 3130. The van der Waals surface area contributed by atoms with Gasteiger partial charge in [0, 0.05) is 12.5 Å². The van der Waals surface area contributed by atoms with E-state index in [9.17, 15) is 19.4 Å². The van der Waals surface area contributed by atoms with Crippen LogP contribution in [-0.4, -0.2) is 97.4 Å². The van der Waals surface area contributed by atoms with Gasteiger partial charge in [-0.3, -0.25) is 29.0 Å². The van der Waals surface area contributed by atoms with Gasteiger partial charge in [-0.25, -0.2) is 24.3 Å². The van der Waals surface area contributed by atoms with E-state index in [1.54, 1.807) is 38.8 Å². The maximum Gasteiger partial charge on any atom is 0.327 e. The number of halogens is 1. The summed E-state index contributed by atoms with van der Waals surface area (Å²) in [5.74, 6) is 0.722. The number of nitriles is 1. The number of fused-ring (bicyclic) bond motifs is 2. The molecule has 1 saturated heterocycles. The molecule has 0 radical (unpaired) electrons. The number of rotatable bonds is 23. The van der Waals surface area contributed by atoms with Gasteiger partial charge >= 0.3 is 6.72 Å². The Morgan fingerprint density at radius 1 is 0.986 bits per heavy atom. The van der Waals surface area contributed by atoms with Crippen LogP contribution in [0.25, 0.3) is 22.3 Å². The predicted molar refractivity (Wildman–Crippen MR) is 268 cm³/mol. The largest absolute Gasteiger partial charge is 0.497 e. The number of methoxy groups -OCH3 is 2. The highest BCUT2D eigenvalue weighted by molar-refractivity contribution is 8.39. The number of nitrogens with zero attached hydrogens (tertiary/aromatic N) is 8. The summed E-state index contributed by atoms with van der Waals surface area (Å²) < 4.78 is 79.8. The molecule has 1 fully saturated rings. The molecule has 4 aromatic heterocycles. The minimum atomic E-state index is -3.81. The van der Waals surface area contributed by atoms with Crippen LogP contribution < -0.4 is 20.3 Å². The van der Waals surface area contributed by atoms with Crippen LogP contribution in [0.5, 0.6) is 11.5 Å². The molecule has 0 spiro atoms. The fraction of sp³-hybridized carbons (Fsp3) is 0.348. The molecule has 6 atom stereocenters. The average Bonchev–Trinajstić information content (AvgIpc) is 4.06. The van der Waals surface area contributed by atoms with E-state index in [0.717, 1.165) is 16.7 Å². The van der Waals surface area contributed by atoms with Gasteiger partial charge in [-0.2, -0.15) is 10.2 Å². The summed E-state index contributed by atoms with van der Waals surface area (Å²) in [6.45, 7) is -1.37. The zero-order chi connectivity index (χ0) is 51.0. The van der Waals surface area contributed by atoms with Crippen LogP contribution in [0.2, 0.25) is 0 Å². The first-order valence-corrected chi connectivity index (χ1v) is 27.4. The van der Waals surface area contributed by atoms with Crippen molar-refractivity contribution in [2.45, 2.75) is 63.6 Å². The number of alkyl halides is 1. The fourth-order valence-electron chi connectivity index (χ4n) is 7.97. The number of imidazole rings is 2. The van der Waals surface area contributed by atoms with E-state index >= 15 is 4.39 Å². The number of thiol groups is 1. The number of hydrogen-bond acceptors (Lipinski definition) is 18. The summed E-state index contributed by atoms with van der Waals surface area (Å²) in [5.41, 5.74) is 1.24. The Morgan fingerprint density at radius 2 is 1.65 bits per heavy atom. The van der Waals surface area contributed by atoms with Crippen LogP contribution in [-0.2, 0) is 67.5 Å². The third-order valence-electron chi connectivity index (χ3n) is 11.5. The SMILES string of the molecule is COc1ccc(C(OCc2nc3cncnc3n2CCOP(=S)(OCCC#N)OC[C@H]2O[C@@H](n3cnc4c(=O)[nH]c(NC(=O)C(C)C)nc43)[C@H](O[PH](=O)S)[C@@H]2F)(c2ccccc2)c2ccc(OC)cc2)cc1. The van der Waals surface area contributed by atoms with Crippen molar-refractivity contribution >= 4 is 72.2 Å². The molecule has 1 aliphatic heterocycles. The summed E-state index contributed by atoms with van der Waals surface area (Å²) in [6, 6.07) is 27.0. The normalized spacial score (nSPS) is 18.2. The molecule has 72 heavy (non-hydrogen) atoms. The number of ether oxygens (including phenoxy) is 4. The smallest absolute Gasteiger partial charge is 0.327 e. The van der Waals surface area contributed by atoms with E-state index in [2.05, 4.69) is 42.5 Å². The van der Waals surface area contributed by atoms with Crippen molar-refractivity contribution in [3.63, 3.8) is 0 Å². The minimum Gasteiger partial charge on any atom is -0.497 e. The summed E-state index contributed by atoms with van der Waals surface area (Å²) in [6.07, 6.45) is -2.37. The Hall–Kier alpha value is -5.96. The number of benzene rings is 3. The quantitative estimate of drug-likeness (QED) is 0.0248. The summed E-state index contributed by atoms with van der Waals surface area (Å²) in [4.78, 5) is 49.9. The molecule has 0 aliphatic carbocycles. The van der Waals surface area contributed by atoms with Gasteiger partial charge in [-0.05, 0) is 52.8 Å². The van der Waals surface area contributed by atoms with Gasteiger partial charge in [-0.1, -0.05) is 80.7 Å². The first-order valence-electron chi connectivity index (χ1n) is 22.3. The van der Waals surface area contributed by atoms with Crippen LogP contribution in [0, 0.1) is 17.2 Å². The Kier molecular flexibility index (Phi) is 16.9. The predicted octanol–water partition coefficient (Wildman–Crippen LogP) is 7.21. The van der Waals surface area contributed by atoms with Gasteiger partial charge in [-0.15, -0.1) is 0 Å². The van der Waals surface area contributed by atoms with E-state index in [4.69, 9.17) is 53.8 Å². The maximum absolute atomic E-state index is 16.5. The minimum absolute atomic E-state index is 0.0590. The number of carbonyl (C=O) groups excluding carboxylic acids is 1. The van der Waals surface area contributed by atoms with E-state index in [1.165, 1.54) is 17.2 Å².